The summed E-state index contributed by atoms with van der Waals surface area (Å²) >= 11 is 0. The lowest BCUT2D eigenvalue weighted by Crippen LogP contribution is -2.25. The van der Waals surface area contributed by atoms with Gasteiger partial charge in [0, 0.05) is 18.8 Å². The van der Waals surface area contributed by atoms with Crippen LogP contribution < -0.4 is 0 Å². The summed E-state index contributed by atoms with van der Waals surface area (Å²) in [5.74, 6) is -0.816. The number of likely N-dealkylation sites (N-methyl/N-ethyl adjacent to an activating group) is 1. The standard InChI is InChI=1S/C11H19N3O2/c1-4-9(2)14-6-5-10(12-14)7-13(3)8-11(15)16/h5-6,9H,4,7-8H2,1-3H3,(H,15,16). The van der Waals surface area contributed by atoms with Crippen LogP contribution in [0.25, 0.3) is 0 Å². The highest BCUT2D eigenvalue weighted by atomic mass is 16.4. The van der Waals surface area contributed by atoms with Crippen molar-refractivity contribution in [1.29, 1.82) is 0 Å². The molecule has 0 aromatic carbocycles. The van der Waals surface area contributed by atoms with Crippen molar-refractivity contribution in [3.8, 4) is 0 Å². The van der Waals surface area contributed by atoms with Gasteiger partial charge in [-0.1, -0.05) is 6.92 Å². The normalized spacial score (nSPS) is 13.0. The van der Waals surface area contributed by atoms with Crippen LogP contribution in [0.1, 0.15) is 32.0 Å². The van der Waals surface area contributed by atoms with Crippen LogP contribution in [-0.4, -0.2) is 39.3 Å². The molecule has 0 aliphatic rings. The molecule has 0 fully saturated rings. The van der Waals surface area contributed by atoms with Crippen molar-refractivity contribution in [2.24, 2.45) is 0 Å². The van der Waals surface area contributed by atoms with Gasteiger partial charge in [0.05, 0.1) is 12.2 Å². The number of aliphatic carboxylic acids is 1. The molecule has 0 radical (unpaired) electrons. The molecule has 0 bridgehead atoms. The van der Waals surface area contributed by atoms with Gasteiger partial charge in [0.15, 0.2) is 0 Å². The number of aromatic nitrogens is 2. The first-order chi connectivity index (χ1) is 7.52. The molecule has 1 rings (SSSR count). The molecule has 1 heterocycles. The summed E-state index contributed by atoms with van der Waals surface area (Å²) in [6, 6.07) is 2.32. The van der Waals surface area contributed by atoms with Gasteiger partial charge < -0.3 is 5.11 Å². The van der Waals surface area contributed by atoms with Gasteiger partial charge in [-0.25, -0.2) is 0 Å². The second-order valence-electron chi connectivity index (χ2n) is 4.11. The lowest BCUT2D eigenvalue weighted by atomic mass is 10.3. The van der Waals surface area contributed by atoms with E-state index in [1.165, 1.54) is 0 Å². The fourth-order valence-electron chi connectivity index (χ4n) is 1.46. The van der Waals surface area contributed by atoms with E-state index in [0.717, 1.165) is 12.1 Å². The van der Waals surface area contributed by atoms with E-state index in [0.29, 0.717) is 12.6 Å². The summed E-state index contributed by atoms with van der Waals surface area (Å²) in [7, 11) is 1.77. The van der Waals surface area contributed by atoms with Crippen LogP contribution in [0.3, 0.4) is 0 Å². The first kappa shape index (κ1) is 12.7. The highest BCUT2D eigenvalue weighted by Crippen LogP contribution is 2.09. The van der Waals surface area contributed by atoms with E-state index in [4.69, 9.17) is 5.11 Å². The lowest BCUT2D eigenvalue weighted by molar-refractivity contribution is -0.138. The summed E-state index contributed by atoms with van der Waals surface area (Å²) < 4.78 is 1.92. The van der Waals surface area contributed by atoms with Crippen LogP contribution in [0.15, 0.2) is 12.3 Å². The van der Waals surface area contributed by atoms with E-state index < -0.39 is 5.97 Å². The zero-order valence-corrected chi connectivity index (χ0v) is 10.1. The Labute approximate surface area is 95.7 Å². The van der Waals surface area contributed by atoms with Crippen molar-refractivity contribution in [3.05, 3.63) is 18.0 Å². The molecule has 5 heteroatoms. The number of carboxylic acids is 1. The highest BCUT2D eigenvalue weighted by Gasteiger charge is 2.08. The zero-order chi connectivity index (χ0) is 12.1. The highest BCUT2D eigenvalue weighted by molar-refractivity contribution is 5.68. The van der Waals surface area contributed by atoms with Crippen LogP contribution in [-0.2, 0) is 11.3 Å². The molecule has 0 spiro atoms. The number of hydrogen-bond acceptors (Lipinski definition) is 3. The summed E-state index contributed by atoms with van der Waals surface area (Å²) in [6.07, 6.45) is 2.98. The molecule has 90 valence electrons. The first-order valence-corrected chi connectivity index (χ1v) is 5.47. The van der Waals surface area contributed by atoms with Crippen molar-refractivity contribution in [1.82, 2.24) is 14.7 Å². The Morgan fingerprint density at radius 1 is 1.69 bits per heavy atom. The van der Waals surface area contributed by atoms with E-state index >= 15 is 0 Å². The second-order valence-corrected chi connectivity index (χ2v) is 4.11. The summed E-state index contributed by atoms with van der Waals surface area (Å²) in [6.45, 7) is 4.83. The third-order valence-corrected chi connectivity index (χ3v) is 2.54. The minimum Gasteiger partial charge on any atom is -0.480 e. The van der Waals surface area contributed by atoms with Gasteiger partial charge in [0.2, 0.25) is 0 Å². The van der Waals surface area contributed by atoms with Crippen LogP contribution in [0, 0.1) is 0 Å². The quantitative estimate of drug-likeness (QED) is 0.794. The average Bonchev–Trinajstić information content (AvgIpc) is 2.63. The van der Waals surface area contributed by atoms with Crippen molar-refractivity contribution >= 4 is 5.97 Å². The smallest absolute Gasteiger partial charge is 0.317 e. The van der Waals surface area contributed by atoms with Gasteiger partial charge >= 0.3 is 5.97 Å². The van der Waals surface area contributed by atoms with Gasteiger partial charge in [-0.15, -0.1) is 0 Å². The van der Waals surface area contributed by atoms with Crippen molar-refractivity contribution in [3.63, 3.8) is 0 Å². The zero-order valence-electron chi connectivity index (χ0n) is 10.1. The number of rotatable bonds is 6. The van der Waals surface area contributed by atoms with Crippen LogP contribution in [0.2, 0.25) is 0 Å². The Hall–Kier alpha value is -1.36. The fourth-order valence-corrected chi connectivity index (χ4v) is 1.46. The fraction of sp³-hybridized carbons (Fsp3) is 0.636. The topological polar surface area (TPSA) is 58.4 Å². The molecule has 0 amide bonds. The van der Waals surface area contributed by atoms with Gasteiger partial charge in [0.25, 0.3) is 0 Å². The summed E-state index contributed by atoms with van der Waals surface area (Å²) in [5, 5.41) is 13.0. The number of carboxylic acid groups (broad SMARTS) is 1. The number of carbonyl (C=O) groups is 1. The molecule has 0 saturated heterocycles. The maximum absolute atomic E-state index is 10.5. The van der Waals surface area contributed by atoms with Crippen molar-refractivity contribution in [2.45, 2.75) is 32.9 Å². The Morgan fingerprint density at radius 2 is 2.38 bits per heavy atom. The van der Waals surface area contributed by atoms with E-state index in [1.807, 2.05) is 16.9 Å². The predicted octanol–water partition coefficient (Wildman–Crippen LogP) is 1.37. The van der Waals surface area contributed by atoms with E-state index in [-0.39, 0.29) is 6.54 Å². The molecular formula is C11H19N3O2. The molecule has 5 nitrogen and oxygen atoms in total. The number of nitrogens with zero attached hydrogens (tertiary/aromatic N) is 3. The van der Waals surface area contributed by atoms with Crippen LogP contribution in [0.4, 0.5) is 0 Å². The molecule has 16 heavy (non-hydrogen) atoms. The van der Waals surface area contributed by atoms with Gasteiger partial charge in [-0.05, 0) is 26.5 Å². The molecule has 1 unspecified atom stereocenters. The third kappa shape index (κ3) is 3.66. The largest absolute Gasteiger partial charge is 0.480 e. The van der Waals surface area contributed by atoms with Gasteiger partial charge in [0.1, 0.15) is 0 Å². The van der Waals surface area contributed by atoms with Gasteiger partial charge in [-0.3, -0.25) is 14.4 Å². The Bertz CT molecular complexity index is 349. The third-order valence-electron chi connectivity index (χ3n) is 2.54. The van der Waals surface area contributed by atoms with Crippen LogP contribution in [0.5, 0.6) is 0 Å². The second kappa shape index (κ2) is 5.65. The maximum Gasteiger partial charge on any atom is 0.317 e. The average molecular weight is 225 g/mol. The predicted molar refractivity (Wildman–Crippen MR) is 61.2 cm³/mol. The minimum absolute atomic E-state index is 0.0379. The minimum atomic E-state index is -0.816. The molecule has 1 N–H and O–H groups in total. The number of hydrogen-bond donors (Lipinski definition) is 1. The Morgan fingerprint density at radius 3 is 2.94 bits per heavy atom. The summed E-state index contributed by atoms with van der Waals surface area (Å²) in [5.41, 5.74) is 0.907. The van der Waals surface area contributed by atoms with Crippen molar-refractivity contribution < 1.29 is 9.90 Å². The summed E-state index contributed by atoms with van der Waals surface area (Å²) in [4.78, 5) is 12.2. The lowest BCUT2D eigenvalue weighted by Gasteiger charge is -2.12. The SMILES string of the molecule is CCC(C)n1ccc(CN(C)CC(=O)O)n1. The van der Waals surface area contributed by atoms with Crippen molar-refractivity contribution in [2.75, 3.05) is 13.6 Å². The molecule has 1 atom stereocenters. The Balaban J connectivity index is 2.54. The van der Waals surface area contributed by atoms with Crippen LogP contribution >= 0.6 is 0 Å². The molecule has 0 aliphatic carbocycles. The van der Waals surface area contributed by atoms with Gasteiger partial charge in [-0.2, -0.15) is 5.10 Å². The first-order valence-electron chi connectivity index (χ1n) is 5.47. The molecule has 1 aromatic rings. The molecular weight excluding hydrogens is 206 g/mol. The van der Waals surface area contributed by atoms with E-state index in [9.17, 15) is 4.79 Å². The van der Waals surface area contributed by atoms with E-state index in [1.54, 1.807) is 11.9 Å². The molecule has 0 aliphatic heterocycles. The molecule has 1 aromatic heterocycles. The maximum atomic E-state index is 10.5. The van der Waals surface area contributed by atoms with E-state index in [2.05, 4.69) is 18.9 Å². The Kier molecular flexibility index (Phi) is 4.49. The monoisotopic (exact) mass is 225 g/mol. The molecule has 0 saturated carbocycles.